The zero-order valence-electron chi connectivity index (χ0n) is 14.2. The van der Waals surface area contributed by atoms with Crippen LogP contribution < -0.4 is 10.2 Å². The molecule has 0 aliphatic carbocycles. The average molecular weight is 394 g/mol. The van der Waals surface area contributed by atoms with Gasteiger partial charge in [0.2, 0.25) is 21.8 Å². The van der Waals surface area contributed by atoms with Crippen LogP contribution in [0.1, 0.15) is 6.42 Å². The van der Waals surface area contributed by atoms with Crippen molar-refractivity contribution in [2.24, 2.45) is 5.92 Å². The summed E-state index contributed by atoms with van der Waals surface area (Å²) < 4.78 is 25.3. The van der Waals surface area contributed by atoms with Gasteiger partial charge in [-0.25, -0.2) is 17.7 Å². The summed E-state index contributed by atoms with van der Waals surface area (Å²) in [6.07, 6.45) is 1.70. The molecule has 3 rings (SSSR count). The number of carbonyl (C=O) groups excluding carboxylic acids is 2. The molecule has 8 nitrogen and oxygen atoms in total. The van der Waals surface area contributed by atoms with Gasteiger partial charge >= 0.3 is 0 Å². The van der Waals surface area contributed by atoms with Crippen molar-refractivity contribution in [1.82, 2.24) is 9.29 Å². The first kappa shape index (κ1) is 18.5. The van der Waals surface area contributed by atoms with Crippen LogP contribution in [0.5, 0.6) is 0 Å². The third-order valence-electron chi connectivity index (χ3n) is 4.09. The van der Waals surface area contributed by atoms with Crippen molar-refractivity contribution in [1.29, 1.82) is 0 Å². The van der Waals surface area contributed by atoms with Crippen LogP contribution >= 0.6 is 11.3 Å². The van der Waals surface area contributed by atoms with Gasteiger partial charge in [-0.3, -0.25) is 9.59 Å². The van der Waals surface area contributed by atoms with Gasteiger partial charge < -0.3 is 10.2 Å². The molecular formula is C16H18N4O4S2. The Morgan fingerprint density at radius 3 is 2.58 bits per heavy atom. The molecule has 10 heteroatoms. The molecule has 0 unspecified atom stereocenters. The van der Waals surface area contributed by atoms with E-state index in [-0.39, 0.29) is 29.7 Å². The maximum absolute atomic E-state index is 12.3. The minimum atomic E-state index is -3.52. The molecule has 0 radical (unpaired) electrons. The van der Waals surface area contributed by atoms with Gasteiger partial charge in [0, 0.05) is 44.3 Å². The predicted octanol–water partition coefficient (Wildman–Crippen LogP) is 1.38. The number of carbonyl (C=O) groups is 2. The first-order valence-corrected chi connectivity index (χ1v) is 10.1. The molecule has 1 N–H and O–H groups in total. The zero-order chi connectivity index (χ0) is 18.9. The number of aromatic nitrogens is 1. The second-order valence-electron chi connectivity index (χ2n) is 6.01. The fourth-order valence-corrected chi connectivity index (χ4v) is 4.07. The topological polar surface area (TPSA) is 99.7 Å². The van der Waals surface area contributed by atoms with Crippen LogP contribution in [0.25, 0.3) is 0 Å². The molecule has 138 valence electrons. The van der Waals surface area contributed by atoms with E-state index in [1.807, 2.05) is 0 Å². The van der Waals surface area contributed by atoms with Gasteiger partial charge in [0.05, 0.1) is 10.8 Å². The van der Waals surface area contributed by atoms with Crippen molar-refractivity contribution in [3.8, 4) is 0 Å². The lowest BCUT2D eigenvalue weighted by atomic mass is 10.1. The first-order chi connectivity index (χ1) is 12.3. The summed E-state index contributed by atoms with van der Waals surface area (Å²) in [5, 5.41) is 4.96. The summed E-state index contributed by atoms with van der Waals surface area (Å²) in [7, 11) is -0.610. The van der Waals surface area contributed by atoms with Crippen molar-refractivity contribution in [2.45, 2.75) is 11.3 Å². The molecule has 26 heavy (non-hydrogen) atoms. The summed E-state index contributed by atoms with van der Waals surface area (Å²) in [6, 6.07) is 6.08. The van der Waals surface area contributed by atoms with Crippen molar-refractivity contribution >= 4 is 44.0 Å². The normalized spacial score (nSPS) is 17.7. The Balaban J connectivity index is 1.72. The minimum absolute atomic E-state index is 0.106. The third kappa shape index (κ3) is 3.62. The van der Waals surface area contributed by atoms with E-state index in [0.29, 0.717) is 10.8 Å². The van der Waals surface area contributed by atoms with Crippen LogP contribution in [-0.2, 0) is 19.6 Å². The summed E-state index contributed by atoms with van der Waals surface area (Å²) in [5.74, 6) is -0.897. The number of nitrogens with one attached hydrogen (secondary N) is 1. The first-order valence-electron chi connectivity index (χ1n) is 7.82. The van der Waals surface area contributed by atoms with Gasteiger partial charge in [0.25, 0.3) is 0 Å². The van der Waals surface area contributed by atoms with Crippen molar-refractivity contribution < 1.29 is 18.0 Å². The number of benzene rings is 1. The predicted molar refractivity (Wildman–Crippen MR) is 98.5 cm³/mol. The van der Waals surface area contributed by atoms with E-state index in [4.69, 9.17) is 0 Å². The Kier molecular flexibility index (Phi) is 5.08. The standard InChI is InChI=1S/C16H18N4O4S2/c1-19(2)26(23,24)13-5-3-12(4-6-13)20-10-11(9-14(20)21)15(22)18-16-17-7-8-25-16/h3-8,11H,9-10H2,1-2H3,(H,17,18,22)/t11-/m1/s1. The largest absolute Gasteiger partial charge is 0.312 e. The molecular weight excluding hydrogens is 376 g/mol. The van der Waals surface area contributed by atoms with E-state index in [1.54, 1.807) is 23.7 Å². The Morgan fingerprint density at radius 1 is 1.31 bits per heavy atom. The summed E-state index contributed by atoms with van der Waals surface area (Å²) in [6.45, 7) is 0.246. The molecule has 1 aliphatic rings. The number of rotatable bonds is 5. The lowest BCUT2D eigenvalue weighted by molar-refractivity contribution is -0.122. The number of amides is 2. The molecule has 1 aromatic heterocycles. The number of hydrogen-bond acceptors (Lipinski definition) is 6. The fourth-order valence-electron chi connectivity index (χ4n) is 2.63. The molecule has 2 heterocycles. The van der Waals surface area contributed by atoms with Crippen LogP contribution in [-0.4, -0.2) is 50.2 Å². The molecule has 1 atom stereocenters. The summed E-state index contributed by atoms with van der Waals surface area (Å²) in [5.41, 5.74) is 0.567. The third-order valence-corrected chi connectivity index (χ3v) is 6.60. The number of nitrogens with zero attached hydrogens (tertiary/aromatic N) is 3. The molecule has 0 bridgehead atoms. The van der Waals surface area contributed by atoms with Gasteiger partial charge in [-0.1, -0.05) is 0 Å². The number of sulfonamides is 1. The van der Waals surface area contributed by atoms with Gasteiger partial charge in [0.15, 0.2) is 5.13 Å². The average Bonchev–Trinajstić information content (AvgIpc) is 3.24. The highest BCUT2D eigenvalue weighted by molar-refractivity contribution is 7.89. The van der Waals surface area contributed by atoms with Crippen LogP contribution in [0, 0.1) is 5.92 Å². The summed E-state index contributed by atoms with van der Waals surface area (Å²) >= 11 is 1.31. The second kappa shape index (κ2) is 7.14. The molecule has 0 saturated carbocycles. The van der Waals surface area contributed by atoms with Gasteiger partial charge in [-0.2, -0.15) is 0 Å². The van der Waals surface area contributed by atoms with Gasteiger partial charge in [0.1, 0.15) is 0 Å². The Bertz CT molecular complexity index is 908. The van der Waals surface area contributed by atoms with E-state index >= 15 is 0 Å². The number of anilines is 2. The van der Waals surface area contributed by atoms with Crippen LogP contribution in [0.2, 0.25) is 0 Å². The van der Waals surface area contributed by atoms with E-state index in [1.165, 1.54) is 42.5 Å². The maximum atomic E-state index is 12.3. The maximum Gasteiger partial charge on any atom is 0.242 e. The molecule has 1 aliphatic heterocycles. The summed E-state index contributed by atoms with van der Waals surface area (Å²) in [4.78, 5) is 30.2. The highest BCUT2D eigenvalue weighted by atomic mass is 32.2. The van der Waals surface area contributed by atoms with E-state index in [0.717, 1.165) is 4.31 Å². The lowest BCUT2D eigenvalue weighted by Crippen LogP contribution is -2.28. The number of hydrogen-bond donors (Lipinski definition) is 1. The molecule has 1 aromatic carbocycles. The minimum Gasteiger partial charge on any atom is -0.312 e. The van der Waals surface area contributed by atoms with Crippen LogP contribution in [0.3, 0.4) is 0 Å². The van der Waals surface area contributed by atoms with Crippen LogP contribution in [0.15, 0.2) is 40.7 Å². The Labute approximate surface area is 155 Å². The van der Waals surface area contributed by atoms with Gasteiger partial charge in [-0.15, -0.1) is 11.3 Å². The molecule has 1 fully saturated rings. The van der Waals surface area contributed by atoms with E-state index in [9.17, 15) is 18.0 Å². The lowest BCUT2D eigenvalue weighted by Gasteiger charge is -2.18. The molecule has 2 amide bonds. The van der Waals surface area contributed by atoms with Crippen LogP contribution in [0.4, 0.5) is 10.8 Å². The Hall–Kier alpha value is -2.30. The fraction of sp³-hybridized carbons (Fsp3) is 0.312. The molecule has 1 saturated heterocycles. The van der Waals surface area contributed by atoms with E-state index in [2.05, 4.69) is 10.3 Å². The molecule has 0 spiro atoms. The highest BCUT2D eigenvalue weighted by Gasteiger charge is 2.35. The zero-order valence-corrected chi connectivity index (χ0v) is 15.9. The van der Waals surface area contributed by atoms with Gasteiger partial charge in [-0.05, 0) is 24.3 Å². The monoisotopic (exact) mass is 394 g/mol. The quantitative estimate of drug-likeness (QED) is 0.826. The Morgan fingerprint density at radius 2 is 2.00 bits per heavy atom. The van der Waals surface area contributed by atoms with Crippen molar-refractivity contribution in [2.75, 3.05) is 30.9 Å². The second-order valence-corrected chi connectivity index (χ2v) is 9.06. The smallest absolute Gasteiger partial charge is 0.242 e. The van der Waals surface area contributed by atoms with Crippen molar-refractivity contribution in [3.63, 3.8) is 0 Å². The molecule has 2 aromatic rings. The SMILES string of the molecule is CN(C)S(=O)(=O)c1ccc(N2C[C@H](C(=O)Nc3nccs3)CC2=O)cc1. The van der Waals surface area contributed by atoms with Crippen molar-refractivity contribution in [3.05, 3.63) is 35.8 Å². The van der Waals surface area contributed by atoms with E-state index < -0.39 is 15.9 Å². The number of thiazole rings is 1. The highest BCUT2D eigenvalue weighted by Crippen LogP contribution is 2.27.